The predicted octanol–water partition coefficient (Wildman–Crippen LogP) is 5.20. The molecule has 1 N–H and O–H groups in total. The molecule has 0 aliphatic rings. The molecule has 2 amide bonds. The maximum atomic E-state index is 12.1. The normalized spacial score (nSPS) is 10.8. The van der Waals surface area contributed by atoms with Crippen molar-refractivity contribution in [2.75, 3.05) is 16.5 Å². The van der Waals surface area contributed by atoms with Gasteiger partial charge in [-0.25, -0.2) is 4.98 Å². The van der Waals surface area contributed by atoms with E-state index in [4.69, 9.17) is 0 Å². The minimum Gasteiger partial charge on any atom is -0.323 e. The van der Waals surface area contributed by atoms with Gasteiger partial charge in [0.2, 0.25) is 11.8 Å². The Balaban J connectivity index is 1.69. The van der Waals surface area contributed by atoms with Crippen molar-refractivity contribution in [3.8, 4) is 0 Å². The zero-order valence-corrected chi connectivity index (χ0v) is 17.1. The minimum atomic E-state index is -0.238. The molecule has 0 radical (unpaired) electrons. The number of carbonyl (C=O) groups is 2. The van der Waals surface area contributed by atoms with Gasteiger partial charge in [-0.15, -0.1) is 23.1 Å². The molecular formula is C21H19N3O2S2. The van der Waals surface area contributed by atoms with E-state index < -0.39 is 0 Å². The number of thioether (sulfide) groups is 1. The lowest BCUT2D eigenvalue weighted by Crippen LogP contribution is -2.22. The number of para-hydroxylation sites is 1. The number of anilines is 3. The third-order valence-electron chi connectivity index (χ3n) is 3.79. The number of hydrogen-bond acceptors (Lipinski definition) is 5. The average molecular weight is 410 g/mol. The Morgan fingerprint density at radius 3 is 2.46 bits per heavy atom. The van der Waals surface area contributed by atoms with Crippen molar-refractivity contribution in [1.82, 2.24) is 4.98 Å². The van der Waals surface area contributed by atoms with E-state index in [9.17, 15) is 9.59 Å². The molecule has 0 unspecified atom stereocenters. The molecule has 1 heterocycles. The lowest BCUT2D eigenvalue weighted by atomic mass is 10.3. The highest BCUT2D eigenvalue weighted by Gasteiger charge is 2.17. The third-order valence-corrected chi connectivity index (χ3v) is 5.38. The standard InChI is InChI=1S/C21H19N3O2S2/c1-15(25)24(18-6-4-3-5-7-18)21-23-17(14-28-21)10-13-20(26)22-16-8-11-19(27-2)12-9-16/h3-14H,1-2H3,(H,22,26)/b13-10+. The highest BCUT2D eigenvalue weighted by Crippen LogP contribution is 2.29. The molecule has 1 aromatic heterocycles. The number of thiazole rings is 1. The Labute approximate surface area is 172 Å². The SMILES string of the molecule is CSc1ccc(NC(=O)/C=C/c2csc(N(C(C)=O)c3ccccc3)n2)cc1. The Morgan fingerprint density at radius 1 is 1.11 bits per heavy atom. The van der Waals surface area contributed by atoms with Gasteiger partial charge in [-0.1, -0.05) is 18.2 Å². The van der Waals surface area contributed by atoms with Crippen molar-refractivity contribution in [3.63, 3.8) is 0 Å². The second-order valence-electron chi connectivity index (χ2n) is 5.80. The van der Waals surface area contributed by atoms with Crippen LogP contribution >= 0.6 is 23.1 Å². The molecule has 0 aliphatic heterocycles. The van der Waals surface area contributed by atoms with Crippen LogP contribution < -0.4 is 10.2 Å². The summed E-state index contributed by atoms with van der Waals surface area (Å²) >= 11 is 3.00. The molecular weight excluding hydrogens is 390 g/mol. The molecule has 0 saturated heterocycles. The monoisotopic (exact) mass is 409 g/mol. The van der Waals surface area contributed by atoms with Crippen LogP contribution in [0.5, 0.6) is 0 Å². The largest absolute Gasteiger partial charge is 0.323 e. The van der Waals surface area contributed by atoms with Gasteiger partial charge in [0, 0.05) is 29.0 Å². The quantitative estimate of drug-likeness (QED) is 0.449. The van der Waals surface area contributed by atoms with Crippen LogP contribution in [0.2, 0.25) is 0 Å². The van der Waals surface area contributed by atoms with E-state index in [-0.39, 0.29) is 11.8 Å². The summed E-state index contributed by atoms with van der Waals surface area (Å²) in [6.07, 6.45) is 5.07. The van der Waals surface area contributed by atoms with E-state index in [1.54, 1.807) is 22.7 Å². The number of hydrogen-bond donors (Lipinski definition) is 1. The van der Waals surface area contributed by atoms with Crippen LogP contribution in [0.3, 0.4) is 0 Å². The van der Waals surface area contributed by atoms with Gasteiger partial charge >= 0.3 is 0 Å². The Morgan fingerprint density at radius 2 is 1.82 bits per heavy atom. The summed E-state index contributed by atoms with van der Waals surface area (Å²) < 4.78 is 0. The first-order valence-electron chi connectivity index (χ1n) is 8.51. The maximum Gasteiger partial charge on any atom is 0.248 e. The number of amides is 2. The molecule has 0 saturated carbocycles. The zero-order chi connectivity index (χ0) is 19.9. The fraction of sp³-hybridized carbons (Fsp3) is 0.0952. The van der Waals surface area contributed by atoms with Crippen LogP contribution in [0.4, 0.5) is 16.5 Å². The highest BCUT2D eigenvalue weighted by molar-refractivity contribution is 7.98. The molecule has 142 valence electrons. The number of nitrogens with one attached hydrogen (secondary N) is 1. The summed E-state index contributed by atoms with van der Waals surface area (Å²) in [6.45, 7) is 1.50. The second kappa shape index (κ2) is 9.34. The average Bonchev–Trinajstić information content (AvgIpc) is 3.16. The molecule has 0 aliphatic carbocycles. The van der Waals surface area contributed by atoms with Gasteiger partial charge < -0.3 is 5.32 Å². The number of carbonyl (C=O) groups excluding carboxylic acids is 2. The van der Waals surface area contributed by atoms with Gasteiger partial charge in [0.1, 0.15) is 0 Å². The molecule has 7 heteroatoms. The molecule has 0 bridgehead atoms. The zero-order valence-electron chi connectivity index (χ0n) is 15.5. The van der Waals surface area contributed by atoms with Crippen LogP contribution in [0.1, 0.15) is 12.6 Å². The molecule has 3 rings (SSSR count). The number of rotatable bonds is 6. The van der Waals surface area contributed by atoms with Crippen LogP contribution in [0.15, 0.2) is 70.9 Å². The topological polar surface area (TPSA) is 62.3 Å². The summed E-state index contributed by atoms with van der Waals surface area (Å²) in [5, 5.41) is 5.19. The smallest absolute Gasteiger partial charge is 0.248 e. The summed E-state index contributed by atoms with van der Waals surface area (Å²) in [4.78, 5) is 31.3. The van der Waals surface area contributed by atoms with E-state index in [0.717, 1.165) is 16.3 Å². The Hall–Kier alpha value is -2.90. The first-order valence-corrected chi connectivity index (χ1v) is 10.6. The molecule has 2 aromatic carbocycles. The fourth-order valence-electron chi connectivity index (χ4n) is 2.48. The summed E-state index contributed by atoms with van der Waals surface area (Å²) in [5.74, 6) is -0.361. The summed E-state index contributed by atoms with van der Waals surface area (Å²) in [6, 6.07) is 17.0. The lowest BCUT2D eigenvalue weighted by molar-refractivity contribution is -0.116. The van der Waals surface area contributed by atoms with Crippen LogP contribution in [-0.2, 0) is 9.59 Å². The molecule has 0 spiro atoms. The number of aromatic nitrogens is 1. The van der Waals surface area contributed by atoms with Gasteiger partial charge in [0.25, 0.3) is 0 Å². The minimum absolute atomic E-state index is 0.123. The van der Waals surface area contributed by atoms with Crippen LogP contribution in [0, 0.1) is 0 Å². The van der Waals surface area contributed by atoms with Gasteiger partial charge in [-0.3, -0.25) is 14.5 Å². The van der Waals surface area contributed by atoms with E-state index in [1.165, 1.54) is 24.3 Å². The maximum absolute atomic E-state index is 12.1. The van der Waals surface area contributed by atoms with Crippen molar-refractivity contribution in [2.45, 2.75) is 11.8 Å². The number of nitrogens with zero attached hydrogens (tertiary/aromatic N) is 2. The number of benzene rings is 2. The molecule has 0 fully saturated rings. The Bertz CT molecular complexity index is 982. The van der Waals surface area contributed by atoms with Gasteiger partial charge in [0.15, 0.2) is 5.13 Å². The molecule has 5 nitrogen and oxygen atoms in total. The van der Waals surface area contributed by atoms with Crippen molar-refractivity contribution in [2.24, 2.45) is 0 Å². The van der Waals surface area contributed by atoms with Crippen molar-refractivity contribution >= 4 is 57.5 Å². The van der Waals surface area contributed by atoms with Gasteiger partial charge in [-0.05, 0) is 48.7 Å². The molecule has 0 atom stereocenters. The fourth-order valence-corrected chi connectivity index (χ4v) is 3.74. The van der Waals surface area contributed by atoms with E-state index in [1.807, 2.05) is 66.2 Å². The van der Waals surface area contributed by atoms with E-state index in [2.05, 4.69) is 10.3 Å². The molecule has 3 aromatic rings. The van der Waals surface area contributed by atoms with Crippen LogP contribution in [0.25, 0.3) is 6.08 Å². The van der Waals surface area contributed by atoms with Gasteiger partial charge in [-0.2, -0.15) is 0 Å². The van der Waals surface area contributed by atoms with Gasteiger partial charge in [0.05, 0.1) is 11.4 Å². The van der Waals surface area contributed by atoms with Crippen molar-refractivity contribution < 1.29 is 9.59 Å². The van der Waals surface area contributed by atoms with Crippen LogP contribution in [-0.4, -0.2) is 23.1 Å². The highest BCUT2D eigenvalue weighted by atomic mass is 32.2. The first kappa shape index (κ1) is 19.9. The second-order valence-corrected chi connectivity index (χ2v) is 7.51. The molecule has 28 heavy (non-hydrogen) atoms. The lowest BCUT2D eigenvalue weighted by Gasteiger charge is -2.17. The third kappa shape index (κ3) is 5.09. The Kier molecular flexibility index (Phi) is 6.62. The predicted molar refractivity (Wildman–Crippen MR) is 117 cm³/mol. The van der Waals surface area contributed by atoms with E-state index >= 15 is 0 Å². The van der Waals surface area contributed by atoms with Crippen molar-refractivity contribution in [3.05, 3.63) is 71.7 Å². The first-order chi connectivity index (χ1) is 13.6. The summed E-state index contributed by atoms with van der Waals surface area (Å²) in [5.41, 5.74) is 2.11. The summed E-state index contributed by atoms with van der Waals surface area (Å²) in [7, 11) is 0. The van der Waals surface area contributed by atoms with E-state index in [0.29, 0.717) is 10.8 Å². The van der Waals surface area contributed by atoms with Crippen molar-refractivity contribution in [1.29, 1.82) is 0 Å².